The van der Waals surface area contributed by atoms with Gasteiger partial charge in [-0.05, 0) is 42.8 Å². The van der Waals surface area contributed by atoms with Gasteiger partial charge in [-0.2, -0.15) is 13.2 Å². The topological polar surface area (TPSA) is 73.1 Å². The number of nitrogens with zero attached hydrogens (tertiary/aromatic N) is 5. The first-order valence-electron chi connectivity index (χ1n) is 12.3. The zero-order valence-corrected chi connectivity index (χ0v) is 21.3. The summed E-state index contributed by atoms with van der Waals surface area (Å²) in [4.78, 5) is 18.3. The van der Waals surface area contributed by atoms with E-state index in [0.717, 1.165) is 21.7 Å². The summed E-state index contributed by atoms with van der Waals surface area (Å²) in [6, 6.07) is 9.38. The lowest BCUT2D eigenvalue weighted by Gasteiger charge is -2.35. The fourth-order valence-electron chi connectivity index (χ4n) is 4.80. The summed E-state index contributed by atoms with van der Waals surface area (Å²) in [5.74, 6) is -0.576. The molecule has 0 aliphatic heterocycles. The highest BCUT2D eigenvalue weighted by molar-refractivity contribution is 5.79. The third-order valence-corrected chi connectivity index (χ3v) is 6.61. The number of benzene rings is 1. The highest BCUT2D eigenvalue weighted by Crippen LogP contribution is 2.36. The molecule has 2 atom stereocenters. The molecule has 2 aromatic heterocycles. The van der Waals surface area contributed by atoms with Crippen LogP contribution in [0.2, 0.25) is 0 Å². The Morgan fingerprint density at radius 1 is 1.08 bits per heavy atom. The van der Waals surface area contributed by atoms with Gasteiger partial charge in [-0.3, -0.25) is 9.78 Å². The number of aromatic nitrogens is 4. The zero-order chi connectivity index (χ0) is 27.6. The van der Waals surface area contributed by atoms with E-state index in [-0.39, 0.29) is 11.8 Å². The van der Waals surface area contributed by atoms with Crippen molar-refractivity contribution in [3.05, 3.63) is 96.6 Å². The maximum Gasteiger partial charge on any atom is 0.406 e. The number of rotatable bonds is 7. The minimum atomic E-state index is -4.57. The predicted octanol–water partition coefficient (Wildman–Crippen LogP) is 5.53. The third-order valence-electron chi connectivity index (χ3n) is 6.61. The van der Waals surface area contributed by atoms with Crippen molar-refractivity contribution in [1.29, 1.82) is 0 Å². The monoisotopic (exact) mass is 533 g/mol. The largest absolute Gasteiger partial charge is 0.496 e. The first-order chi connectivity index (χ1) is 18.7. The summed E-state index contributed by atoms with van der Waals surface area (Å²) in [5, 5.41) is 8.17. The Morgan fingerprint density at radius 2 is 1.87 bits per heavy atom. The fourth-order valence-corrected chi connectivity index (χ4v) is 4.80. The summed E-state index contributed by atoms with van der Waals surface area (Å²) < 4.78 is 47.5. The van der Waals surface area contributed by atoms with Gasteiger partial charge in [-0.1, -0.05) is 47.7 Å². The van der Waals surface area contributed by atoms with Crippen LogP contribution in [0.4, 0.5) is 13.2 Å². The minimum Gasteiger partial charge on any atom is -0.496 e. The van der Waals surface area contributed by atoms with Crippen LogP contribution in [0.15, 0.2) is 91.0 Å². The molecular weight excluding hydrogens is 507 g/mol. The maximum atomic E-state index is 13.5. The van der Waals surface area contributed by atoms with E-state index < -0.39 is 25.2 Å². The van der Waals surface area contributed by atoms with Crippen LogP contribution in [0.1, 0.15) is 5.69 Å². The molecule has 39 heavy (non-hydrogen) atoms. The average molecular weight is 534 g/mol. The summed E-state index contributed by atoms with van der Waals surface area (Å²) in [6.45, 7) is 0.121. The number of fused-ring (bicyclic) bond motifs is 1. The highest BCUT2D eigenvalue weighted by Gasteiger charge is 2.38. The number of alkyl halides is 3. The lowest BCUT2D eigenvalue weighted by Crippen LogP contribution is -2.43. The zero-order valence-electron chi connectivity index (χ0n) is 21.3. The van der Waals surface area contributed by atoms with Crippen molar-refractivity contribution in [2.75, 3.05) is 13.7 Å². The number of pyridine rings is 1. The Balaban J connectivity index is 1.38. The molecule has 3 aromatic rings. The van der Waals surface area contributed by atoms with Crippen molar-refractivity contribution in [1.82, 2.24) is 24.9 Å². The summed E-state index contributed by atoms with van der Waals surface area (Å²) in [5.41, 5.74) is 4.14. The van der Waals surface area contributed by atoms with Crippen LogP contribution in [-0.2, 0) is 11.3 Å². The number of amides is 1. The van der Waals surface area contributed by atoms with Crippen molar-refractivity contribution in [3.8, 4) is 28.1 Å². The lowest BCUT2D eigenvalue weighted by atomic mass is 9.82. The second-order valence-electron chi connectivity index (χ2n) is 9.35. The molecule has 200 valence electrons. The normalized spacial score (nSPS) is 18.0. The van der Waals surface area contributed by atoms with E-state index in [1.165, 1.54) is 10.9 Å². The molecule has 0 spiro atoms. The molecule has 5 rings (SSSR count). The number of halogens is 3. The van der Waals surface area contributed by atoms with Crippen molar-refractivity contribution in [2.24, 2.45) is 11.8 Å². The predicted molar refractivity (Wildman–Crippen MR) is 140 cm³/mol. The molecule has 0 radical (unpaired) electrons. The van der Waals surface area contributed by atoms with E-state index in [1.807, 2.05) is 55.5 Å². The Bertz CT molecular complexity index is 1500. The maximum absolute atomic E-state index is 13.5. The molecular formula is C29H26F3N5O2. The van der Waals surface area contributed by atoms with Crippen LogP contribution in [0, 0.1) is 18.8 Å². The number of hydrogen-bond acceptors (Lipinski definition) is 5. The van der Waals surface area contributed by atoms with Crippen LogP contribution < -0.4 is 4.74 Å². The summed E-state index contributed by atoms with van der Waals surface area (Å²) in [6.07, 6.45) is 11.2. The number of allylic oxidation sites excluding steroid dienone is 7. The fraction of sp³-hybridized carbons (Fsp3) is 0.241. The van der Waals surface area contributed by atoms with Crippen LogP contribution in [0.25, 0.3) is 22.4 Å². The van der Waals surface area contributed by atoms with Gasteiger partial charge in [0.05, 0.1) is 13.3 Å². The van der Waals surface area contributed by atoms with E-state index in [4.69, 9.17) is 4.74 Å². The molecule has 0 N–H and O–H groups in total. The smallest absolute Gasteiger partial charge is 0.406 e. The van der Waals surface area contributed by atoms with Crippen molar-refractivity contribution >= 4 is 5.91 Å². The molecule has 7 nitrogen and oxygen atoms in total. The molecule has 2 aliphatic rings. The number of methoxy groups -OCH3 is 1. The number of hydrogen-bond donors (Lipinski definition) is 0. The molecule has 2 unspecified atom stereocenters. The quantitative estimate of drug-likeness (QED) is 0.400. The number of ether oxygens (including phenoxy) is 1. The van der Waals surface area contributed by atoms with Gasteiger partial charge in [-0.25, -0.2) is 4.68 Å². The number of carbonyl (C=O) groups excluding carboxylic acids is 1. The van der Waals surface area contributed by atoms with Crippen LogP contribution in [0.3, 0.4) is 0 Å². The second-order valence-corrected chi connectivity index (χ2v) is 9.35. The third kappa shape index (κ3) is 5.84. The van der Waals surface area contributed by atoms with Gasteiger partial charge in [0, 0.05) is 40.6 Å². The van der Waals surface area contributed by atoms with E-state index in [9.17, 15) is 18.0 Å². The Labute approximate surface area is 223 Å². The molecule has 2 heterocycles. The molecule has 0 fully saturated rings. The SMILES string of the molecule is COc1cc(-c2cn(CC(=O)N(CC(F)(F)F)C3=CC=CC4C=CC=CC34)nn2)ccc1-c1ccnc(C)c1. The Kier molecular flexibility index (Phi) is 7.19. The number of aryl methyl sites for hydroxylation is 1. The second kappa shape index (κ2) is 10.7. The van der Waals surface area contributed by atoms with Gasteiger partial charge < -0.3 is 9.64 Å². The lowest BCUT2D eigenvalue weighted by molar-refractivity contribution is -0.158. The van der Waals surface area contributed by atoms with E-state index >= 15 is 0 Å². The van der Waals surface area contributed by atoms with Gasteiger partial charge in [0.25, 0.3) is 0 Å². The van der Waals surface area contributed by atoms with E-state index in [1.54, 1.807) is 37.6 Å². The molecule has 10 heteroatoms. The summed E-state index contributed by atoms with van der Waals surface area (Å²) >= 11 is 0. The minimum absolute atomic E-state index is 0.106. The van der Waals surface area contributed by atoms with E-state index in [2.05, 4.69) is 15.3 Å². The molecule has 0 saturated heterocycles. The van der Waals surface area contributed by atoms with Crippen molar-refractivity contribution in [2.45, 2.75) is 19.6 Å². The molecule has 1 aromatic carbocycles. The Hall–Kier alpha value is -4.47. The number of carbonyl (C=O) groups is 1. The molecule has 2 aliphatic carbocycles. The van der Waals surface area contributed by atoms with Crippen LogP contribution in [0.5, 0.6) is 5.75 Å². The van der Waals surface area contributed by atoms with Gasteiger partial charge in [0.15, 0.2) is 0 Å². The van der Waals surface area contributed by atoms with Gasteiger partial charge in [0.1, 0.15) is 24.5 Å². The van der Waals surface area contributed by atoms with E-state index in [0.29, 0.717) is 22.7 Å². The summed E-state index contributed by atoms with van der Waals surface area (Å²) in [7, 11) is 1.57. The Morgan fingerprint density at radius 3 is 2.64 bits per heavy atom. The average Bonchev–Trinajstić information content (AvgIpc) is 3.39. The molecule has 1 amide bonds. The molecule has 0 saturated carbocycles. The van der Waals surface area contributed by atoms with Crippen LogP contribution >= 0.6 is 0 Å². The van der Waals surface area contributed by atoms with Crippen molar-refractivity contribution < 1.29 is 22.7 Å². The van der Waals surface area contributed by atoms with Gasteiger partial charge in [-0.15, -0.1) is 5.10 Å². The molecule has 0 bridgehead atoms. The van der Waals surface area contributed by atoms with Gasteiger partial charge in [0.2, 0.25) is 5.91 Å². The highest BCUT2D eigenvalue weighted by atomic mass is 19.4. The van der Waals surface area contributed by atoms with Crippen molar-refractivity contribution in [3.63, 3.8) is 0 Å². The standard InChI is InChI=1S/C29H26F3N5O2/c1-19-14-21(12-13-33-19)24-11-10-22(15-27(24)39-2)25-16-36(35-34-25)17-28(38)37(18-29(30,31)32)26-9-5-7-20-6-3-4-8-23(20)26/h3-16,20,23H,17-18H2,1-2H3. The van der Waals surface area contributed by atoms with Crippen LogP contribution in [-0.4, -0.2) is 50.6 Å². The van der Waals surface area contributed by atoms with Gasteiger partial charge >= 0.3 is 6.18 Å². The first kappa shape index (κ1) is 26.1. The first-order valence-corrected chi connectivity index (χ1v) is 12.3.